The van der Waals surface area contributed by atoms with Gasteiger partial charge < -0.3 is 16.0 Å². The number of hydrogen-bond acceptors (Lipinski definition) is 3. The fourth-order valence-corrected chi connectivity index (χ4v) is 0.685. The second kappa shape index (κ2) is 8.23. The average molecular weight is 171 g/mol. The molecule has 0 aliphatic heterocycles. The van der Waals surface area contributed by atoms with E-state index in [-0.39, 0.29) is 5.91 Å². The molecular weight excluding hydrogens is 154 g/mol. The summed E-state index contributed by atoms with van der Waals surface area (Å²) in [4.78, 5) is 10.6. The molecule has 3 N–H and O–H groups in total. The Labute approximate surface area is 73.4 Å². The summed E-state index contributed by atoms with van der Waals surface area (Å²) in [6, 6.07) is 0. The molecule has 4 heteroatoms. The highest BCUT2D eigenvalue weighted by Crippen LogP contribution is 1.65. The maximum Gasteiger partial charge on any atom is 0.243 e. The number of amides is 1. The summed E-state index contributed by atoms with van der Waals surface area (Å²) in [5, 5.41) is 8.84. The maximum atomic E-state index is 10.6. The largest absolute Gasteiger partial charge is 0.351 e. The third kappa shape index (κ3) is 7.24. The first kappa shape index (κ1) is 11.1. The number of rotatable bonds is 7. The van der Waals surface area contributed by atoms with Crippen LogP contribution in [-0.2, 0) is 4.79 Å². The Morgan fingerprint density at radius 1 is 1.33 bits per heavy atom. The van der Waals surface area contributed by atoms with E-state index in [0.717, 1.165) is 19.6 Å². The van der Waals surface area contributed by atoms with Crippen molar-refractivity contribution in [1.29, 1.82) is 0 Å². The van der Waals surface area contributed by atoms with Crippen LogP contribution in [-0.4, -0.2) is 39.1 Å². The zero-order valence-corrected chi connectivity index (χ0v) is 7.52. The third-order valence-corrected chi connectivity index (χ3v) is 1.34. The molecule has 0 bridgehead atoms. The van der Waals surface area contributed by atoms with Crippen molar-refractivity contribution in [3.05, 3.63) is 12.7 Å². The molecule has 0 aromatic rings. The van der Waals surface area contributed by atoms with E-state index in [2.05, 4.69) is 22.5 Å². The van der Waals surface area contributed by atoms with Crippen molar-refractivity contribution in [2.75, 3.05) is 33.2 Å². The lowest BCUT2D eigenvalue weighted by Crippen LogP contribution is -2.33. The highest BCUT2D eigenvalue weighted by Gasteiger charge is 1.90. The van der Waals surface area contributed by atoms with Gasteiger partial charge in [-0.05, 0) is 13.1 Å². The predicted octanol–water partition coefficient (Wildman–Crippen LogP) is -0.902. The normalized spacial score (nSPS) is 9.42. The van der Waals surface area contributed by atoms with E-state index in [1.54, 1.807) is 0 Å². The van der Waals surface area contributed by atoms with Crippen LogP contribution in [0.4, 0.5) is 0 Å². The molecule has 0 aliphatic rings. The van der Waals surface area contributed by atoms with Crippen LogP contribution in [0.3, 0.4) is 0 Å². The van der Waals surface area contributed by atoms with Gasteiger partial charge in [0, 0.05) is 26.2 Å². The van der Waals surface area contributed by atoms with Crippen molar-refractivity contribution in [2.24, 2.45) is 0 Å². The van der Waals surface area contributed by atoms with Crippen LogP contribution in [0.5, 0.6) is 0 Å². The van der Waals surface area contributed by atoms with Crippen molar-refractivity contribution >= 4 is 5.91 Å². The van der Waals surface area contributed by atoms with E-state index < -0.39 is 0 Å². The minimum atomic E-state index is -0.120. The van der Waals surface area contributed by atoms with Gasteiger partial charge in [0.25, 0.3) is 0 Å². The van der Waals surface area contributed by atoms with E-state index >= 15 is 0 Å². The Kier molecular flexibility index (Phi) is 7.63. The van der Waals surface area contributed by atoms with Crippen molar-refractivity contribution in [1.82, 2.24) is 16.0 Å². The van der Waals surface area contributed by atoms with Gasteiger partial charge in [-0.25, -0.2) is 0 Å². The van der Waals surface area contributed by atoms with Gasteiger partial charge >= 0.3 is 0 Å². The van der Waals surface area contributed by atoms with E-state index in [9.17, 15) is 4.79 Å². The molecule has 0 unspecified atom stereocenters. The van der Waals surface area contributed by atoms with Crippen LogP contribution in [0.15, 0.2) is 12.7 Å². The van der Waals surface area contributed by atoms with Gasteiger partial charge in [0.2, 0.25) is 5.91 Å². The summed E-state index contributed by atoms with van der Waals surface area (Å²) in [6.07, 6.45) is 1.27. The highest BCUT2D eigenvalue weighted by molar-refractivity contribution is 5.86. The van der Waals surface area contributed by atoms with Crippen molar-refractivity contribution in [3.8, 4) is 0 Å². The Hall–Kier alpha value is -0.870. The topological polar surface area (TPSA) is 53.2 Å². The number of carbonyl (C=O) groups excluding carboxylic acids is 1. The molecule has 0 rings (SSSR count). The molecule has 0 saturated carbocycles. The smallest absolute Gasteiger partial charge is 0.243 e. The molecule has 0 heterocycles. The van der Waals surface area contributed by atoms with Crippen LogP contribution < -0.4 is 16.0 Å². The highest BCUT2D eigenvalue weighted by atomic mass is 16.1. The van der Waals surface area contributed by atoms with Crippen LogP contribution in [0.25, 0.3) is 0 Å². The minimum absolute atomic E-state index is 0.120. The lowest BCUT2D eigenvalue weighted by Gasteiger charge is -2.04. The molecule has 0 aromatic carbocycles. The quantitative estimate of drug-likeness (QED) is 0.343. The molecule has 0 saturated heterocycles. The van der Waals surface area contributed by atoms with Gasteiger partial charge in [-0.1, -0.05) is 6.58 Å². The summed E-state index contributed by atoms with van der Waals surface area (Å²) >= 11 is 0. The standard InChI is InChI=1S/C8H17N3O/c1-3-8(12)11-7-6-10-5-4-9-2/h3,9-10H,1,4-7H2,2H3,(H,11,12). The number of likely N-dealkylation sites (N-methyl/N-ethyl adjacent to an activating group) is 1. The summed E-state index contributed by atoms with van der Waals surface area (Å²) in [6.45, 7) is 6.64. The van der Waals surface area contributed by atoms with Gasteiger partial charge in [-0.15, -0.1) is 0 Å². The van der Waals surface area contributed by atoms with E-state index in [1.165, 1.54) is 6.08 Å². The lowest BCUT2D eigenvalue weighted by atomic mass is 10.5. The van der Waals surface area contributed by atoms with Crippen LogP contribution >= 0.6 is 0 Å². The van der Waals surface area contributed by atoms with Crippen molar-refractivity contribution in [3.63, 3.8) is 0 Å². The molecular formula is C8H17N3O. The minimum Gasteiger partial charge on any atom is -0.351 e. The molecule has 0 radical (unpaired) electrons. The molecule has 0 aromatic heterocycles. The molecule has 0 atom stereocenters. The van der Waals surface area contributed by atoms with Gasteiger partial charge in [0.05, 0.1) is 0 Å². The molecule has 0 aliphatic carbocycles. The fourth-order valence-electron chi connectivity index (χ4n) is 0.685. The Morgan fingerprint density at radius 2 is 2.00 bits per heavy atom. The average Bonchev–Trinajstić information content (AvgIpc) is 2.10. The SMILES string of the molecule is C=CC(=O)NCCNCCNC. The van der Waals surface area contributed by atoms with Gasteiger partial charge in [0.15, 0.2) is 0 Å². The summed E-state index contributed by atoms with van der Waals surface area (Å²) in [7, 11) is 1.90. The fraction of sp³-hybridized carbons (Fsp3) is 0.625. The van der Waals surface area contributed by atoms with Crippen molar-refractivity contribution in [2.45, 2.75) is 0 Å². The molecule has 1 amide bonds. The molecule has 0 spiro atoms. The lowest BCUT2D eigenvalue weighted by molar-refractivity contribution is -0.116. The van der Waals surface area contributed by atoms with Crippen LogP contribution in [0, 0.1) is 0 Å². The van der Waals surface area contributed by atoms with E-state index in [1.807, 2.05) is 7.05 Å². The Morgan fingerprint density at radius 3 is 2.58 bits per heavy atom. The van der Waals surface area contributed by atoms with E-state index in [0.29, 0.717) is 6.54 Å². The zero-order valence-electron chi connectivity index (χ0n) is 7.52. The Balaban J connectivity index is 3.00. The first-order chi connectivity index (χ1) is 5.81. The zero-order chi connectivity index (χ0) is 9.23. The van der Waals surface area contributed by atoms with Crippen molar-refractivity contribution < 1.29 is 4.79 Å². The molecule has 0 fully saturated rings. The summed E-state index contributed by atoms with van der Waals surface area (Å²) in [5.74, 6) is -0.120. The van der Waals surface area contributed by atoms with Gasteiger partial charge in [0.1, 0.15) is 0 Å². The number of carbonyl (C=O) groups is 1. The third-order valence-electron chi connectivity index (χ3n) is 1.34. The Bertz CT molecular complexity index is 136. The second-order valence-corrected chi connectivity index (χ2v) is 2.35. The first-order valence-corrected chi connectivity index (χ1v) is 4.07. The van der Waals surface area contributed by atoms with Crippen LogP contribution in [0.1, 0.15) is 0 Å². The van der Waals surface area contributed by atoms with Crippen LogP contribution in [0.2, 0.25) is 0 Å². The second-order valence-electron chi connectivity index (χ2n) is 2.35. The predicted molar refractivity (Wildman–Crippen MR) is 50.0 cm³/mol. The number of hydrogen-bond donors (Lipinski definition) is 3. The summed E-state index contributed by atoms with van der Waals surface area (Å²) in [5.41, 5.74) is 0. The molecule has 4 nitrogen and oxygen atoms in total. The summed E-state index contributed by atoms with van der Waals surface area (Å²) < 4.78 is 0. The van der Waals surface area contributed by atoms with Gasteiger partial charge in [-0.3, -0.25) is 4.79 Å². The number of nitrogens with one attached hydrogen (secondary N) is 3. The maximum absolute atomic E-state index is 10.6. The molecule has 70 valence electrons. The van der Waals surface area contributed by atoms with E-state index in [4.69, 9.17) is 0 Å². The van der Waals surface area contributed by atoms with Gasteiger partial charge in [-0.2, -0.15) is 0 Å². The first-order valence-electron chi connectivity index (χ1n) is 4.07. The molecule has 12 heavy (non-hydrogen) atoms. The monoisotopic (exact) mass is 171 g/mol.